The number of nitrogens with zero attached hydrogens (tertiary/aromatic N) is 1. The van der Waals surface area contributed by atoms with Gasteiger partial charge in [0.1, 0.15) is 0 Å². The van der Waals surface area contributed by atoms with E-state index in [0.717, 1.165) is 31.0 Å². The number of hydrogen-bond acceptors (Lipinski definition) is 3. The number of anilines is 1. The van der Waals surface area contributed by atoms with Gasteiger partial charge in [-0.1, -0.05) is 6.42 Å². The van der Waals surface area contributed by atoms with Crippen LogP contribution in [0.2, 0.25) is 0 Å². The SMILES string of the molecule is CCOc1cccnc1NCC1CCCC(Cl)C1. The van der Waals surface area contributed by atoms with Gasteiger partial charge in [0, 0.05) is 18.1 Å². The standard InChI is InChI=1S/C14H21ClN2O/c1-2-18-13-7-4-8-16-14(13)17-10-11-5-3-6-12(15)9-11/h4,7-8,11-12H,2-3,5-6,9-10H2,1H3,(H,16,17). The molecule has 0 spiro atoms. The molecule has 1 heterocycles. The van der Waals surface area contributed by atoms with Crippen molar-refractivity contribution >= 4 is 17.4 Å². The summed E-state index contributed by atoms with van der Waals surface area (Å²) in [6.07, 6.45) is 6.54. The smallest absolute Gasteiger partial charge is 0.168 e. The number of nitrogens with one attached hydrogen (secondary N) is 1. The predicted octanol–water partition coefficient (Wildman–Crippen LogP) is 3.69. The third-order valence-corrected chi connectivity index (χ3v) is 3.74. The van der Waals surface area contributed by atoms with Gasteiger partial charge in [0.25, 0.3) is 0 Å². The quantitative estimate of drug-likeness (QED) is 0.827. The van der Waals surface area contributed by atoms with Crippen molar-refractivity contribution < 1.29 is 4.74 Å². The minimum absolute atomic E-state index is 0.348. The summed E-state index contributed by atoms with van der Waals surface area (Å²) < 4.78 is 5.55. The fourth-order valence-corrected chi connectivity index (χ4v) is 2.85. The van der Waals surface area contributed by atoms with Crippen LogP contribution in [-0.2, 0) is 0 Å². The lowest BCUT2D eigenvalue weighted by molar-refractivity contribution is 0.339. The minimum Gasteiger partial charge on any atom is -0.490 e. The van der Waals surface area contributed by atoms with Crippen molar-refractivity contribution in [1.29, 1.82) is 0 Å². The summed E-state index contributed by atoms with van der Waals surface area (Å²) in [4.78, 5) is 4.33. The number of halogens is 1. The highest BCUT2D eigenvalue weighted by molar-refractivity contribution is 6.20. The molecule has 4 heteroatoms. The first-order valence-electron chi connectivity index (χ1n) is 6.75. The first-order chi connectivity index (χ1) is 8.79. The number of aromatic nitrogens is 1. The van der Waals surface area contributed by atoms with Crippen LogP contribution >= 0.6 is 11.6 Å². The summed E-state index contributed by atoms with van der Waals surface area (Å²) in [5.41, 5.74) is 0. The molecule has 1 aromatic rings. The molecule has 0 aromatic carbocycles. The normalized spacial score (nSPS) is 23.7. The van der Waals surface area contributed by atoms with E-state index in [1.807, 2.05) is 19.1 Å². The van der Waals surface area contributed by atoms with Gasteiger partial charge < -0.3 is 10.1 Å². The first kappa shape index (κ1) is 13.5. The van der Waals surface area contributed by atoms with Gasteiger partial charge in [-0.3, -0.25) is 0 Å². The lowest BCUT2D eigenvalue weighted by Gasteiger charge is -2.25. The van der Waals surface area contributed by atoms with E-state index in [1.54, 1.807) is 6.20 Å². The van der Waals surface area contributed by atoms with Gasteiger partial charge in [-0.2, -0.15) is 0 Å². The molecule has 1 saturated carbocycles. The fourth-order valence-electron chi connectivity index (χ4n) is 2.45. The third-order valence-electron chi connectivity index (χ3n) is 3.35. The molecule has 0 saturated heterocycles. The summed E-state index contributed by atoms with van der Waals surface area (Å²) in [6, 6.07) is 3.84. The monoisotopic (exact) mass is 268 g/mol. The molecule has 0 aliphatic heterocycles. The predicted molar refractivity (Wildman–Crippen MR) is 75.5 cm³/mol. The Morgan fingerprint density at radius 1 is 1.50 bits per heavy atom. The largest absolute Gasteiger partial charge is 0.490 e. The van der Waals surface area contributed by atoms with Gasteiger partial charge in [-0.25, -0.2) is 4.98 Å². The molecule has 18 heavy (non-hydrogen) atoms. The van der Waals surface area contributed by atoms with Gasteiger partial charge in [0.15, 0.2) is 11.6 Å². The van der Waals surface area contributed by atoms with Crippen LogP contribution in [0.3, 0.4) is 0 Å². The van der Waals surface area contributed by atoms with E-state index in [1.165, 1.54) is 12.8 Å². The van der Waals surface area contributed by atoms with Crippen molar-refractivity contribution in [2.45, 2.75) is 38.0 Å². The molecule has 0 radical (unpaired) electrons. The van der Waals surface area contributed by atoms with Crippen molar-refractivity contribution in [3.05, 3.63) is 18.3 Å². The Hall–Kier alpha value is -0.960. The number of ether oxygens (including phenoxy) is 1. The summed E-state index contributed by atoms with van der Waals surface area (Å²) in [7, 11) is 0. The minimum atomic E-state index is 0.348. The molecule has 0 amide bonds. The van der Waals surface area contributed by atoms with E-state index >= 15 is 0 Å². The summed E-state index contributed by atoms with van der Waals surface area (Å²) in [5, 5.41) is 3.74. The second kappa shape index (κ2) is 6.83. The van der Waals surface area contributed by atoms with Crippen molar-refractivity contribution in [2.75, 3.05) is 18.5 Å². The Balaban J connectivity index is 1.89. The van der Waals surface area contributed by atoms with Crippen molar-refractivity contribution in [2.24, 2.45) is 5.92 Å². The second-order valence-electron chi connectivity index (χ2n) is 4.79. The topological polar surface area (TPSA) is 34.1 Å². The zero-order chi connectivity index (χ0) is 12.8. The zero-order valence-electron chi connectivity index (χ0n) is 10.9. The van der Waals surface area contributed by atoms with Gasteiger partial charge >= 0.3 is 0 Å². The van der Waals surface area contributed by atoms with Crippen LogP contribution in [0, 0.1) is 5.92 Å². The molecular weight excluding hydrogens is 248 g/mol. The Kier molecular flexibility index (Phi) is 5.12. The fraction of sp³-hybridized carbons (Fsp3) is 0.643. The number of hydrogen-bond donors (Lipinski definition) is 1. The molecule has 0 bridgehead atoms. The van der Waals surface area contributed by atoms with E-state index in [0.29, 0.717) is 17.9 Å². The highest BCUT2D eigenvalue weighted by atomic mass is 35.5. The maximum absolute atomic E-state index is 6.21. The highest BCUT2D eigenvalue weighted by Crippen LogP contribution is 2.29. The number of rotatable bonds is 5. The average Bonchev–Trinajstić information content (AvgIpc) is 2.38. The first-order valence-corrected chi connectivity index (χ1v) is 7.19. The number of alkyl halides is 1. The van der Waals surface area contributed by atoms with E-state index in [2.05, 4.69) is 10.3 Å². The summed E-state index contributed by atoms with van der Waals surface area (Å²) in [6.45, 7) is 3.57. The average molecular weight is 269 g/mol. The van der Waals surface area contributed by atoms with E-state index in [-0.39, 0.29) is 0 Å². The van der Waals surface area contributed by atoms with Crippen molar-refractivity contribution in [1.82, 2.24) is 4.98 Å². The highest BCUT2D eigenvalue weighted by Gasteiger charge is 2.20. The molecule has 2 atom stereocenters. The lowest BCUT2D eigenvalue weighted by Crippen LogP contribution is -2.22. The van der Waals surface area contributed by atoms with E-state index in [4.69, 9.17) is 16.3 Å². The molecule has 1 N–H and O–H groups in total. The van der Waals surface area contributed by atoms with Crippen LogP contribution in [0.25, 0.3) is 0 Å². The Morgan fingerprint density at radius 3 is 3.17 bits per heavy atom. The maximum atomic E-state index is 6.21. The van der Waals surface area contributed by atoms with Gasteiger partial charge in [0.2, 0.25) is 0 Å². The summed E-state index contributed by atoms with van der Waals surface area (Å²) in [5.74, 6) is 2.33. The Labute approximate surface area is 114 Å². The van der Waals surface area contributed by atoms with Crippen LogP contribution in [-0.4, -0.2) is 23.5 Å². The van der Waals surface area contributed by atoms with Crippen LogP contribution in [0.5, 0.6) is 5.75 Å². The number of pyridine rings is 1. The molecule has 1 fully saturated rings. The van der Waals surface area contributed by atoms with Gasteiger partial charge in [-0.15, -0.1) is 11.6 Å². The van der Waals surface area contributed by atoms with Gasteiger partial charge in [0.05, 0.1) is 6.61 Å². The third kappa shape index (κ3) is 3.77. The molecular formula is C14H21ClN2O. The maximum Gasteiger partial charge on any atom is 0.168 e. The summed E-state index contributed by atoms with van der Waals surface area (Å²) >= 11 is 6.21. The van der Waals surface area contributed by atoms with Crippen LogP contribution in [0.1, 0.15) is 32.6 Å². The van der Waals surface area contributed by atoms with E-state index < -0.39 is 0 Å². The van der Waals surface area contributed by atoms with Crippen LogP contribution < -0.4 is 10.1 Å². The Bertz CT molecular complexity index is 373. The molecule has 1 aromatic heterocycles. The molecule has 1 aliphatic rings. The van der Waals surface area contributed by atoms with Gasteiger partial charge in [-0.05, 0) is 44.2 Å². The second-order valence-corrected chi connectivity index (χ2v) is 5.41. The lowest BCUT2D eigenvalue weighted by atomic mass is 9.89. The van der Waals surface area contributed by atoms with E-state index in [9.17, 15) is 0 Å². The van der Waals surface area contributed by atoms with Crippen molar-refractivity contribution in [3.63, 3.8) is 0 Å². The Morgan fingerprint density at radius 2 is 2.39 bits per heavy atom. The zero-order valence-corrected chi connectivity index (χ0v) is 11.6. The molecule has 2 rings (SSSR count). The molecule has 2 unspecified atom stereocenters. The van der Waals surface area contributed by atoms with Crippen LogP contribution in [0.15, 0.2) is 18.3 Å². The molecule has 3 nitrogen and oxygen atoms in total. The van der Waals surface area contributed by atoms with Crippen LogP contribution in [0.4, 0.5) is 5.82 Å². The molecule has 100 valence electrons. The van der Waals surface area contributed by atoms with Crippen molar-refractivity contribution in [3.8, 4) is 5.75 Å². The molecule has 1 aliphatic carbocycles.